The number of carbonyl (C=O) groups excluding carboxylic acids is 4. The molecule has 0 bridgehead atoms. The first kappa shape index (κ1) is 31.0. The summed E-state index contributed by atoms with van der Waals surface area (Å²) in [7, 11) is 0. The molecule has 2 rings (SSSR count). The van der Waals surface area contributed by atoms with Crippen molar-refractivity contribution in [3.8, 4) is 0 Å². The van der Waals surface area contributed by atoms with Gasteiger partial charge in [-0.25, -0.2) is 4.79 Å². The van der Waals surface area contributed by atoms with Gasteiger partial charge in [0.2, 0.25) is 5.91 Å². The molecule has 0 saturated carbocycles. The summed E-state index contributed by atoms with van der Waals surface area (Å²) in [6.45, 7) is 7.12. The molecule has 2 aromatic rings. The summed E-state index contributed by atoms with van der Waals surface area (Å²) < 4.78 is 15.9. The van der Waals surface area contributed by atoms with Crippen LogP contribution in [0, 0.1) is 0 Å². The fourth-order valence-electron chi connectivity index (χ4n) is 3.41. The number of benzene rings is 1. The number of Topliss-reactive ketones (excluding diaryl/α,β-unsaturated/α-hetero) is 1. The average molecular weight is 547 g/mol. The van der Waals surface area contributed by atoms with E-state index in [0.29, 0.717) is 12.2 Å². The number of furan rings is 1. The summed E-state index contributed by atoms with van der Waals surface area (Å²) >= 11 is 1.39. The number of hydrogen-bond donors (Lipinski definition) is 2. The highest BCUT2D eigenvalue weighted by molar-refractivity contribution is 7.99. The summed E-state index contributed by atoms with van der Waals surface area (Å²) in [6, 6.07) is 10.7. The topological polar surface area (TPSA) is 124 Å². The number of nitrogens with one attached hydrogen (secondary N) is 2. The van der Waals surface area contributed by atoms with Crippen molar-refractivity contribution < 1.29 is 33.1 Å². The van der Waals surface area contributed by atoms with Crippen molar-refractivity contribution in [3.63, 3.8) is 0 Å². The van der Waals surface area contributed by atoms with Gasteiger partial charge in [-0.05, 0) is 44.9 Å². The van der Waals surface area contributed by atoms with Crippen molar-refractivity contribution in [2.75, 3.05) is 5.75 Å². The molecular weight excluding hydrogens is 508 g/mol. The normalized spacial score (nSPS) is 12.7. The smallest absolute Gasteiger partial charge is 0.408 e. The van der Waals surface area contributed by atoms with Gasteiger partial charge in [-0.2, -0.15) is 0 Å². The average Bonchev–Trinajstić information content (AvgIpc) is 3.37. The van der Waals surface area contributed by atoms with Crippen LogP contribution < -0.4 is 10.6 Å². The second kappa shape index (κ2) is 15.9. The molecule has 9 nitrogen and oxygen atoms in total. The lowest BCUT2D eigenvalue weighted by Crippen LogP contribution is -2.53. The Hall–Kier alpha value is -3.27. The Morgan fingerprint density at radius 2 is 1.74 bits per heavy atom. The van der Waals surface area contributed by atoms with E-state index in [1.165, 1.54) is 11.8 Å². The number of hydrogen-bond acceptors (Lipinski definition) is 8. The minimum absolute atomic E-state index is 0.00203. The highest BCUT2D eigenvalue weighted by Crippen LogP contribution is 2.15. The second-order valence-electron chi connectivity index (χ2n) is 9.79. The van der Waals surface area contributed by atoms with Gasteiger partial charge in [-0.3, -0.25) is 14.4 Å². The zero-order valence-electron chi connectivity index (χ0n) is 22.5. The molecule has 0 radical (unpaired) electrons. The number of thioether (sulfide) groups is 1. The number of ketones is 1. The highest BCUT2D eigenvalue weighted by atomic mass is 32.2. The van der Waals surface area contributed by atoms with E-state index in [1.54, 1.807) is 45.2 Å². The number of amides is 2. The molecule has 0 aliphatic rings. The lowest BCUT2D eigenvalue weighted by atomic mass is 10.1. The molecule has 0 saturated heterocycles. The molecule has 2 N–H and O–H groups in total. The molecule has 0 aliphatic carbocycles. The van der Waals surface area contributed by atoms with Crippen LogP contribution >= 0.6 is 11.8 Å². The van der Waals surface area contributed by atoms with E-state index in [-0.39, 0.29) is 18.1 Å². The van der Waals surface area contributed by atoms with Crippen LogP contribution in [-0.2, 0) is 36.2 Å². The molecule has 38 heavy (non-hydrogen) atoms. The van der Waals surface area contributed by atoms with Crippen LogP contribution in [0.3, 0.4) is 0 Å². The number of alkyl carbamates (subject to hydrolysis) is 1. The van der Waals surface area contributed by atoms with Crippen LogP contribution in [0.2, 0.25) is 0 Å². The summed E-state index contributed by atoms with van der Waals surface area (Å²) in [4.78, 5) is 51.2. The van der Waals surface area contributed by atoms with Gasteiger partial charge in [-0.1, -0.05) is 50.1 Å². The maximum absolute atomic E-state index is 13.2. The van der Waals surface area contributed by atoms with Crippen LogP contribution in [-0.4, -0.2) is 47.2 Å². The number of rotatable bonds is 15. The van der Waals surface area contributed by atoms with E-state index in [9.17, 15) is 19.2 Å². The van der Waals surface area contributed by atoms with Crippen LogP contribution in [0.1, 0.15) is 64.7 Å². The summed E-state index contributed by atoms with van der Waals surface area (Å²) in [5.41, 5.74) is 0.00427. The molecule has 1 aromatic carbocycles. The Morgan fingerprint density at radius 3 is 2.37 bits per heavy atom. The van der Waals surface area contributed by atoms with Gasteiger partial charge >= 0.3 is 12.1 Å². The largest absolute Gasteiger partial charge is 0.468 e. The number of esters is 1. The van der Waals surface area contributed by atoms with Gasteiger partial charge in [0.05, 0.1) is 30.2 Å². The Balaban J connectivity index is 2.04. The van der Waals surface area contributed by atoms with Crippen molar-refractivity contribution in [2.24, 2.45) is 0 Å². The van der Waals surface area contributed by atoms with Crippen molar-refractivity contribution in [2.45, 2.75) is 83.4 Å². The van der Waals surface area contributed by atoms with E-state index < -0.39 is 42.1 Å². The third-order valence-corrected chi connectivity index (χ3v) is 6.21. The first-order valence-electron chi connectivity index (χ1n) is 12.7. The van der Waals surface area contributed by atoms with Crippen LogP contribution in [0.15, 0.2) is 53.1 Å². The molecule has 0 unspecified atom stereocenters. The molecule has 0 spiro atoms. The fourth-order valence-corrected chi connectivity index (χ4v) is 4.28. The highest BCUT2D eigenvalue weighted by Gasteiger charge is 2.30. The Kier molecular flexibility index (Phi) is 12.9. The third kappa shape index (κ3) is 12.3. The van der Waals surface area contributed by atoms with Gasteiger partial charge in [0, 0.05) is 0 Å². The maximum Gasteiger partial charge on any atom is 0.408 e. The molecule has 2 atom stereocenters. The first-order chi connectivity index (χ1) is 18.1. The maximum atomic E-state index is 13.2. The van der Waals surface area contributed by atoms with E-state index >= 15 is 0 Å². The fraction of sp³-hybridized carbons (Fsp3) is 0.500. The number of ether oxygens (including phenoxy) is 2. The van der Waals surface area contributed by atoms with Gasteiger partial charge in [0.1, 0.15) is 24.0 Å². The van der Waals surface area contributed by atoms with Crippen LogP contribution in [0.5, 0.6) is 0 Å². The van der Waals surface area contributed by atoms with Gasteiger partial charge in [0.25, 0.3) is 0 Å². The molecule has 0 fully saturated rings. The molecule has 208 valence electrons. The van der Waals surface area contributed by atoms with E-state index in [2.05, 4.69) is 10.6 Å². The van der Waals surface area contributed by atoms with Crippen molar-refractivity contribution in [3.05, 3.63) is 60.1 Å². The van der Waals surface area contributed by atoms with E-state index in [1.807, 2.05) is 31.2 Å². The zero-order valence-corrected chi connectivity index (χ0v) is 23.3. The zero-order chi connectivity index (χ0) is 28.0. The SMILES string of the molecule is CCCC[C@H](NC(=O)[C@H](CC(=O)OC(C)(C)C)NC(=O)OCc1ccccc1)C(=O)CSCc1ccco1. The molecule has 2 amide bonds. The monoisotopic (exact) mass is 546 g/mol. The molecule has 1 heterocycles. The van der Waals surface area contributed by atoms with Gasteiger partial charge < -0.3 is 24.5 Å². The van der Waals surface area contributed by atoms with Crippen molar-refractivity contribution >= 4 is 35.5 Å². The Labute approximate surface area is 228 Å². The quantitative estimate of drug-likeness (QED) is 0.306. The van der Waals surface area contributed by atoms with E-state index in [4.69, 9.17) is 13.9 Å². The minimum atomic E-state index is -1.28. The number of unbranched alkanes of at least 4 members (excludes halogenated alkanes) is 1. The molecule has 0 aliphatic heterocycles. The number of carbonyl (C=O) groups is 4. The van der Waals surface area contributed by atoms with Gasteiger partial charge in [-0.15, -0.1) is 11.8 Å². The summed E-state index contributed by atoms with van der Waals surface area (Å²) in [5.74, 6) is 0.00473. The minimum Gasteiger partial charge on any atom is -0.468 e. The molecule has 10 heteroatoms. The predicted octanol–water partition coefficient (Wildman–Crippen LogP) is 4.78. The Morgan fingerprint density at radius 1 is 1.00 bits per heavy atom. The standard InChI is InChI=1S/C28H38N2O7S/c1-5-6-14-22(24(31)19-38-18-21-13-10-15-35-21)29-26(33)23(16-25(32)37-28(2,3)4)30-27(34)36-17-20-11-8-7-9-12-20/h7-13,15,22-23H,5-6,14,16-19H2,1-4H3,(H,29,33)(H,30,34)/t22-,23-/m0/s1. The third-order valence-electron chi connectivity index (χ3n) is 5.23. The predicted molar refractivity (Wildman–Crippen MR) is 145 cm³/mol. The van der Waals surface area contributed by atoms with E-state index in [0.717, 1.165) is 24.2 Å². The van der Waals surface area contributed by atoms with Crippen molar-refractivity contribution in [1.82, 2.24) is 10.6 Å². The second-order valence-corrected chi connectivity index (χ2v) is 10.8. The first-order valence-corrected chi connectivity index (χ1v) is 13.8. The molecule has 1 aromatic heterocycles. The lowest BCUT2D eigenvalue weighted by molar-refractivity contribution is -0.156. The summed E-state index contributed by atoms with van der Waals surface area (Å²) in [6.07, 6.45) is 2.31. The van der Waals surface area contributed by atoms with Crippen molar-refractivity contribution in [1.29, 1.82) is 0 Å². The van der Waals surface area contributed by atoms with Gasteiger partial charge in [0.15, 0.2) is 5.78 Å². The van der Waals surface area contributed by atoms with Crippen LogP contribution in [0.4, 0.5) is 4.79 Å². The lowest BCUT2D eigenvalue weighted by Gasteiger charge is -2.24. The summed E-state index contributed by atoms with van der Waals surface area (Å²) in [5, 5.41) is 5.20. The molecular formula is C28H38N2O7S. The van der Waals surface area contributed by atoms with Crippen LogP contribution in [0.25, 0.3) is 0 Å². The Bertz CT molecular complexity index is 1020.